The number of hydrogen-bond donors (Lipinski definition) is 2. The molecule has 3 N–H and O–H groups in total. The average molecular weight is 284 g/mol. The second-order valence-electron chi connectivity index (χ2n) is 4.35. The SMILES string of the molecule is CCC(CC)(C(=O)NC(C)CC(F)(F)F)C(N)=S. The summed E-state index contributed by atoms with van der Waals surface area (Å²) >= 11 is 4.86. The third-order valence-electron chi connectivity index (χ3n) is 3.03. The lowest BCUT2D eigenvalue weighted by Crippen LogP contribution is -2.51. The molecule has 7 heteroatoms. The lowest BCUT2D eigenvalue weighted by molar-refractivity contribution is -0.143. The van der Waals surface area contributed by atoms with Crippen molar-refractivity contribution in [3.63, 3.8) is 0 Å². The van der Waals surface area contributed by atoms with Crippen molar-refractivity contribution in [2.75, 3.05) is 0 Å². The molecular weight excluding hydrogens is 265 g/mol. The number of amides is 1. The summed E-state index contributed by atoms with van der Waals surface area (Å²) in [6, 6.07) is -0.996. The second-order valence-corrected chi connectivity index (χ2v) is 4.79. The van der Waals surface area contributed by atoms with Gasteiger partial charge in [-0.2, -0.15) is 13.2 Å². The molecule has 1 amide bonds. The monoisotopic (exact) mass is 284 g/mol. The van der Waals surface area contributed by atoms with Crippen LogP contribution in [0, 0.1) is 5.41 Å². The van der Waals surface area contributed by atoms with E-state index in [0.29, 0.717) is 12.8 Å². The minimum atomic E-state index is -4.31. The zero-order valence-corrected chi connectivity index (χ0v) is 11.5. The number of hydrogen-bond acceptors (Lipinski definition) is 2. The number of nitrogens with one attached hydrogen (secondary N) is 1. The summed E-state index contributed by atoms with van der Waals surface area (Å²) in [6.07, 6.45) is -4.65. The third kappa shape index (κ3) is 4.44. The van der Waals surface area contributed by atoms with E-state index in [9.17, 15) is 18.0 Å². The molecule has 0 heterocycles. The molecular formula is C11H19F3N2OS. The molecule has 0 rings (SSSR count). The van der Waals surface area contributed by atoms with Gasteiger partial charge in [0, 0.05) is 6.04 Å². The highest BCUT2D eigenvalue weighted by Gasteiger charge is 2.39. The Morgan fingerprint density at radius 3 is 2.06 bits per heavy atom. The van der Waals surface area contributed by atoms with Crippen molar-refractivity contribution >= 4 is 23.1 Å². The van der Waals surface area contributed by atoms with Gasteiger partial charge in [-0.25, -0.2) is 0 Å². The fourth-order valence-corrected chi connectivity index (χ4v) is 2.17. The summed E-state index contributed by atoms with van der Waals surface area (Å²) in [5.74, 6) is -0.531. The Morgan fingerprint density at radius 2 is 1.78 bits per heavy atom. The fraction of sp³-hybridized carbons (Fsp3) is 0.818. The highest BCUT2D eigenvalue weighted by molar-refractivity contribution is 7.80. The molecule has 0 saturated carbocycles. The molecule has 0 spiro atoms. The van der Waals surface area contributed by atoms with Crippen molar-refractivity contribution in [2.45, 2.75) is 52.3 Å². The van der Waals surface area contributed by atoms with Crippen LogP contribution in [0.5, 0.6) is 0 Å². The Labute approximate surface area is 110 Å². The molecule has 0 aromatic heterocycles. The van der Waals surface area contributed by atoms with E-state index in [1.807, 2.05) is 0 Å². The smallest absolute Gasteiger partial charge is 0.391 e. The van der Waals surface area contributed by atoms with E-state index >= 15 is 0 Å². The highest BCUT2D eigenvalue weighted by Crippen LogP contribution is 2.28. The predicted molar refractivity (Wildman–Crippen MR) is 68.1 cm³/mol. The van der Waals surface area contributed by atoms with Gasteiger partial charge in [0.05, 0.1) is 16.8 Å². The first-order chi connectivity index (χ1) is 8.09. The van der Waals surface area contributed by atoms with Crippen LogP contribution in [0.2, 0.25) is 0 Å². The Hall–Kier alpha value is -0.850. The highest BCUT2D eigenvalue weighted by atomic mass is 32.1. The standard InChI is InChI=1S/C11H19F3N2OS/c1-4-10(5-2,8(15)18)9(17)16-7(3)6-11(12,13)14/h7H,4-6H2,1-3H3,(H2,15,18)(H,16,17). The van der Waals surface area contributed by atoms with Gasteiger partial charge in [0.1, 0.15) is 0 Å². The molecule has 0 fully saturated rings. The summed E-state index contributed by atoms with van der Waals surface area (Å²) in [7, 11) is 0. The first-order valence-corrected chi connectivity index (χ1v) is 6.17. The van der Waals surface area contributed by atoms with Crippen molar-refractivity contribution in [1.29, 1.82) is 0 Å². The molecule has 0 aromatic rings. The van der Waals surface area contributed by atoms with Crippen LogP contribution >= 0.6 is 12.2 Å². The molecule has 0 radical (unpaired) electrons. The first kappa shape index (κ1) is 17.2. The summed E-state index contributed by atoms with van der Waals surface area (Å²) in [4.78, 5) is 12.0. The van der Waals surface area contributed by atoms with Gasteiger partial charge >= 0.3 is 6.18 Å². The van der Waals surface area contributed by atoms with Crippen LogP contribution in [0.1, 0.15) is 40.0 Å². The van der Waals surface area contributed by atoms with Gasteiger partial charge in [-0.15, -0.1) is 0 Å². The maximum atomic E-state index is 12.2. The van der Waals surface area contributed by atoms with E-state index < -0.39 is 30.0 Å². The number of nitrogens with two attached hydrogens (primary N) is 1. The van der Waals surface area contributed by atoms with Gasteiger partial charge in [0.2, 0.25) is 5.91 Å². The second kappa shape index (κ2) is 6.36. The van der Waals surface area contributed by atoms with Crippen LogP contribution < -0.4 is 11.1 Å². The third-order valence-corrected chi connectivity index (χ3v) is 3.42. The molecule has 18 heavy (non-hydrogen) atoms. The van der Waals surface area contributed by atoms with Crippen molar-refractivity contribution in [1.82, 2.24) is 5.32 Å². The predicted octanol–water partition coefficient (Wildman–Crippen LogP) is 2.54. The van der Waals surface area contributed by atoms with Crippen LogP contribution in [0.4, 0.5) is 13.2 Å². The van der Waals surface area contributed by atoms with Crippen molar-refractivity contribution in [3.8, 4) is 0 Å². The Kier molecular flexibility index (Phi) is 6.06. The van der Waals surface area contributed by atoms with Crippen LogP contribution in [-0.2, 0) is 4.79 Å². The van der Waals surface area contributed by atoms with E-state index in [2.05, 4.69) is 5.32 Å². The fourth-order valence-electron chi connectivity index (χ4n) is 1.79. The van der Waals surface area contributed by atoms with Crippen molar-refractivity contribution < 1.29 is 18.0 Å². The maximum absolute atomic E-state index is 12.2. The number of carbonyl (C=O) groups excluding carboxylic acids is 1. The number of halogens is 3. The van der Waals surface area contributed by atoms with E-state index in [0.717, 1.165) is 0 Å². The number of alkyl halides is 3. The summed E-state index contributed by atoms with van der Waals surface area (Å²) < 4.78 is 36.5. The molecule has 106 valence electrons. The Bertz CT molecular complexity index is 314. The Balaban J connectivity index is 4.78. The van der Waals surface area contributed by atoms with E-state index in [1.54, 1.807) is 13.8 Å². The molecule has 0 aliphatic rings. The molecule has 1 atom stereocenters. The van der Waals surface area contributed by atoms with Gasteiger partial charge in [-0.05, 0) is 19.8 Å². The van der Waals surface area contributed by atoms with Crippen LogP contribution in [0.3, 0.4) is 0 Å². The topological polar surface area (TPSA) is 55.1 Å². The van der Waals surface area contributed by atoms with E-state index in [1.165, 1.54) is 6.92 Å². The normalized spacial score (nSPS) is 14.1. The summed E-state index contributed by atoms with van der Waals surface area (Å²) in [6.45, 7) is 4.77. The van der Waals surface area contributed by atoms with Gasteiger partial charge in [0.15, 0.2) is 0 Å². The van der Waals surface area contributed by atoms with Gasteiger partial charge in [0.25, 0.3) is 0 Å². The van der Waals surface area contributed by atoms with Crippen LogP contribution in [0.15, 0.2) is 0 Å². The molecule has 0 aromatic carbocycles. The number of thiocarbonyl (C=S) groups is 1. The molecule has 0 aliphatic heterocycles. The van der Waals surface area contributed by atoms with E-state index in [4.69, 9.17) is 18.0 Å². The minimum Gasteiger partial charge on any atom is -0.392 e. The molecule has 0 saturated heterocycles. The Morgan fingerprint density at radius 1 is 1.33 bits per heavy atom. The van der Waals surface area contributed by atoms with E-state index in [-0.39, 0.29) is 4.99 Å². The largest absolute Gasteiger partial charge is 0.392 e. The molecule has 1 unspecified atom stereocenters. The van der Waals surface area contributed by atoms with Crippen LogP contribution in [0.25, 0.3) is 0 Å². The van der Waals surface area contributed by atoms with Crippen molar-refractivity contribution in [2.24, 2.45) is 11.1 Å². The quantitative estimate of drug-likeness (QED) is 0.737. The van der Waals surface area contributed by atoms with Gasteiger partial charge in [-0.3, -0.25) is 4.79 Å². The summed E-state index contributed by atoms with van der Waals surface area (Å²) in [5, 5.41) is 2.33. The maximum Gasteiger partial charge on any atom is 0.391 e. The lowest BCUT2D eigenvalue weighted by atomic mass is 9.81. The lowest BCUT2D eigenvalue weighted by Gasteiger charge is -2.30. The van der Waals surface area contributed by atoms with Gasteiger partial charge < -0.3 is 11.1 Å². The zero-order chi connectivity index (χ0) is 14.6. The first-order valence-electron chi connectivity index (χ1n) is 5.76. The average Bonchev–Trinajstić information content (AvgIpc) is 2.16. The van der Waals surface area contributed by atoms with Crippen molar-refractivity contribution in [3.05, 3.63) is 0 Å². The molecule has 0 aliphatic carbocycles. The zero-order valence-electron chi connectivity index (χ0n) is 10.7. The summed E-state index contributed by atoms with van der Waals surface area (Å²) in [5.41, 5.74) is 4.48. The molecule has 3 nitrogen and oxygen atoms in total. The van der Waals surface area contributed by atoms with Gasteiger partial charge in [-0.1, -0.05) is 26.1 Å². The van der Waals surface area contributed by atoms with Crippen LogP contribution in [-0.4, -0.2) is 23.1 Å². The molecule has 0 bridgehead atoms. The number of carbonyl (C=O) groups is 1. The number of rotatable bonds is 6. The minimum absolute atomic E-state index is 0.0178.